The summed E-state index contributed by atoms with van der Waals surface area (Å²) < 4.78 is 20.7. The highest BCUT2D eigenvalue weighted by Crippen LogP contribution is 2.36. The second kappa shape index (κ2) is 5.16. The van der Waals surface area contributed by atoms with Crippen molar-refractivity contribution in [1.82, 2.24) is 0 Å². The Balaban J connectivity index is 3.32. The van der Waals surface area contributed by atoms with Gasteiger partial charge in [0.1, 0.15) is 0 Å². The Morgan fingerprint density at radius 3 is 2.06 bits per heavy atom. The fraction of sp³-hybridized carbons (Fsp3) is 0.455. The van der Waals surface area contributed by atoms with Crippen LogP contribution in [0.3, 0.4) is 0 Å². The van der Waals surface area contributed by atoms with Gasteiger partial charge in [-0.15, -0.1) is 0 Å². The van der Waals surface area contributed by atoms with Gasteiger partial charge in [-0.2, -0.15) is 0 Å². The second-order valence-corrected chi connectivity index (χ2v) is 3.12. The highest BCUT2D eigenvalue weighted by Gasteiger charge is 2.31. The van der Waals surface area contributed by atoms with E-state index in [-0.39, 0.29) is 0 Å². The molecule has 2 N–H and O–H groups in total. The fourth-order valence-corrected chi connectivity index (χ4v) is 1.46. The molecule has 0 atom stereocenters. The molecule has 0 spiro atoms. The van der Waals surface area contributed by atoms with Crippen LogP contribution < -0.4 is 15.2 Å². The third-order valence-corrected chi connectivity index (χ3v) is 2.38. The Morgan fingerprint density at radius 2 is 1.62 bits per heavy atom. The molecule has 1 aromatic carbocycles. The van der Waals surface area contributed by atoms with E-state index in [1.807, 2.05) is 0 Å². The lowest BCUT2D eigenvalue weighted by Gasteiger charge is -2.28. The molecule has 1 rings (SSSR count). The topological polar surface area (TPSA) is 62.9 Å². The molecule has 0 radical (unpaired) electrons. The molecule has 16 heavy (non-hydrogen) atoms. The van der Waals surface area contributed by atoms with Crippen molar-refractivity contribution >= 4 is 0 Å². The molecule has 90 valence electrons. The largest absolute Gasteiger partial charge is 0.493 e. The average Bonchev–Trinajstić information content (AvgIpc) is 2.36. The molecule has 0 unspecified atom stereocenters. The first-order chi connectivity index (χ1) is 7.62. The maximum Gasteiger partial charge on any atom is 0.256 e. The molecule has 0 amide bonds. The number of methoxy groups -OCH3 is 4. The van der Waals surface area contributed by atoms with Crippen molar-refractivity contribution in [2.24, 2.45) is 5.73 Å². The molecule has 0 saturated heterocycles. The molecule has 0 aromatic heterocycles. The van der Waals surface area contributed by atoms with Gasteiger partial charge in [0.25, 0.3) is 5.91 Å². The van der Waals surface area contributed by atoms with Gasteiger partial charge in [0.15, 0.2) is 11.5 Å². The molecule has 0 aliphatic heterocycles. The van der Waals surface area contributed by atoms with Crippen LogP contribution in [-0.2, 0) is 15.4 Å². The molecule has 5 nitrogen and oxygen atoms in total. The van der Waals surface area contributed by atoms with E-state index in [1.54, 1.807) is 25.3 Å². The maximum atomic E-state index is 5.94. The molecule has 5 heteroatoms. The van der Waals surface area contributed by atoms with E-state index in [0.717, 1.165) is 0 Å². The zero-order valence-electron chi connectivity index (χ0n) is 9.94. The van der Waals surface area contributed by atoms with Crippen LogP contribution in [0.5, 0.6) is 11.5 Å². The Labute approximate surface area is 95.1 Å². The first-order valence-electron chi connectivity index (χ1n) is 4.73. The number of para-hydroxylation sites is 1. The van der Waals surface area contributed by atoms with E-state index in [4.69, 9.17) is 24.7 Å². The minimum atomic E-state index is -1.35. The Bertz CT molecular complexity index is 350. The summed E-state index contributed by atoms with van der Waals surface area (Å²) in [6.45, 7) is 0. The summed E-state index contributed by atoms with van der Waals surface area (Å²) in [6, 6.07) is 5.32. The van der Waals surface area contributed by atoms with Gasteiger partial charge in [-0.3, -0.25) is 5.73 Å². The molecule has 0 saturated carbocycles. The van der Waals surface area contributed by atoms with Crippen molar-refractivity contribution in [2.45, 2.75) is 5.91 Å². The lowest BCUT2D eigenvalue weighted by Crippen LogP contribution is -2.40. The molecule has 0 heterocycles. The monoisotopic (exact) mass is 227 g/mol. The van der Waals surface area contributed by atoms with Crippen LogP contribution in [0.25, 0.3) is 0 Å². The number of hydrogen-bond acceptors (Lipinski definition) is 5. The summed E-state index contributed by atoms with van der Waals surface area (Å²) in [5.74, 6) is -0.278. The van der Waals surface area contributed by atoms with Crippen LogP contribution in [0, 0.1) is 0 Å². The van der Waals surface area contributed by atoms with Gasteiger partial charge < -0.3 is 18.9 Å². The Morgan fingerprint density at radius 1 is 1.00 bits per heavy atom. The first-order valence-corrected chi connectivity index (χ1v) is 4.73. The summed E-state index contributed by atoms with van der Waals surface area (Å²) in [5.41, 5.74) is 6.51. The first kappa shape index (κ1) is 12.8. The second-order valence-electron chi connectivity index (χ2n) is 3.12. The molecule has 0 aliphatic rings. The van der Waals surface area contributed by atoms with Crippen LogP contribution >= 0.6 is 0 Å². The fourth-order valence-electron chi connectivity index (χ4n) is 1.46. The zero-order valence-corrected chi connectivity index (χ0v) is 9.94. The van der Waals surface area contributed by atoms with Gasteiger partial charge in [-0.25, -0.2) is 0 Å². The van der Waals surface area contributed by atoms with E-state index in [2.05, 4.69) is 0 Å². The highest BCUT2D eigenvalue weighted by atomic mass is 16.7. The van der Waals surface area contributed by atoms with E-state index in [0.29, 0.717) is 17.1 Å². The zero-order chi connectivity index (χ0) is 12.2. The summed E-state index contributed by atoms with van der Waals surface area (Å²) in [6.07, 6.45) is 0. The van der Waals surface area contributed by atoms with Crippen LogP contribution in [0.4, 0.5) is 0 Å². The van der Waals surface area contributed by atoms with E-state index < -0.39 is 5.91 Å². The predicted octanol–water partition coefficient (Wildman–Crippen LogP) is 1.07. The molecule has 1 aromatic rings. The lowest BCUT2D eigenvalue weighted by atomic mass is 10.1. The van der Waals surface area contributed by atoms with E-state index in [9.17, 15) is 0 Å². The van der Waals surface area contributed by atoms with Gasteiger partial charge in [-0.05, 0) is 12.1 Å². The van der Waals surface area contributed by atoms with Crippen LogP contribution in [0.2, 0.25) is 0 Å². The van der Waals surface area contributed by atoms with Crippen LogP contribution in [0.15, 0.2) is 18.2 Å². The molecule has 0 aliphatic carbocycles. The minimum Gasteiger partial charge on any atom is -0.493 e. The van der Waals surface area contributed by atoms with Gasteiger partial charge in [0, 0.05) is 14.2 Å². The Kier molecular flexibility index (Phi) is 4.12. The third-order valence-electron chi connectivity index (χ3n) is 2.38. The van der Waals surface area contributed by atoms with Gasteiger partial charge in [-0.1, -0.05) is 6.07 Å². The third kappa shape index (κ3) is 2.11. The normalized spacial score (nSPS) is 11.3. The SMILES string of the molecule is COc1cccc(C(N)(OC)OC)c1OC. The van der Waals surface area contributed by atoms with Gasteiger partial charge in [0.05, 0.1) is 19.8 Å². The number of benzene rings is 1. The maximum absolute atomic E-state index is 5.94. The lowest BCUT2D eigenvalue weighted by molar-refractivity contribution is -0.212. The Hall–Kier alpha value is -1.30. The molecular formula is C11H17NO4. The average molecular weight is 227 g/mol. The summed E-state index contributed by atoms with van der Waals surface area (Å²) in [7, 11) is 6.01. The van der Waals surface area contributed by atoms with Crippen molar-refractivity contribution in [3.63, 3.8) is 0 Å². The highest BCUT2D eigenvalue weighted by molar-refractivity contribution is 5.48. The van der Waals surface area contributed by atoms with E-state index >= 15 is 0 Å². The van der Waals surface area contributed by atoms with Crippen LogP contribution in [0.1, 0.15) is 5.56 Å². The van der Waals surface area contributed by atoms with Crippen molar-refractivity contribution in [2.75, 3.05) is 28.4 Å². The van der Waals surface area contributed by atoms with E-state index in [1.165, 1.54) is 21.3 Å². The van der Waals surface area contributed by atoms with Crippen molar-refractivity contribution in [3.8, 4) is 11.5 Å². The smallest absolute Gasteiger partial charge is 0.256 e. The number of ether oxygens (including phenoxy) is 4. The quantitative estimate of drug-likeness (QED) is 0.762. The van der Waals surface area contributed by atoms with Gasteiger partial charge in [0.2, 0.25) is 0 Å². The minimum absolute atomic E-state index is 0.496. The number of rotatable bonds is 5. The number of hydrogen-bond donors (Lipinski definition) is 1. The summed E-state index contributed by atoms with van der Waals surface area (Å²) in [5, 5.41) is 0. The molecule has 0 bridgehead atoms. The molecular weight excluding hydrogens is 210 g/mol. The van der Waals surface area contributed by atoms with Crippen molar-refractivity contribution < 1.29 is 18.9 Å². The summed E-state index contributed by atoms with van der Waals surface area (Å²) >= 11 is 0. The number of nitrogens with two attached hydrogens (primary N) is 1. The summed E-state index contributed by atoms with van der Waals surface area (Å²) in [4.78, 5) is 0. The van der Waals surface area contributed by atoms with Crippen LogP contribution in [-0.4, -0.2) is 28.4 Å². The molecule has 0 fully saturated rings. The van der Waals surface area contributed by atoms with Crippen molar-refractivity contribution in [3.05, 3.63) is 23.8 Å². The predicted molar refractivity (Wildman–Crippen MR) is 59.4 cm³/mol. The van der Waals surface area contributed by atoms with Crippen molar-refractivity contribution in [1.29, 1.82) is 0 Å². The van der Waals surface area contributed by atoms with Gasteiger partial charge >= 0.3 is 0 Å². The standard InChI is InChI=1S/C11H17NO4/c1-13-9-7-5-6-8(10(9)14-2)11(12,15-3)16-4/h5-7H,12H2,1-4H3.